The average Bonchev–Trinajstić information content (AvgIpc) is 3.35. The second-order valence-corrected chi connectivity index (χ2v) is 10.9. The third-order valence-electron chi connectivity index (χ3n) is 8.37. The molecule has 1 aliphatic heterocycles. The number of anilines is 1. The zero-order valence-corrected chi connectivity index (χ0v) is 21.6. The van der Waals surface area contributed by atoms with E-state index in [0.717, 1.165) is 5.69 Å². The molecule has 1 aromatic carbocycles. The molecule has 12 heteroatoms. The molecule has 1 amide bonds. The van der Waals surface area contributed by atoms with Gasteiger partial charge in [-0.2, -0.15) is 0 Å². The van der Waals surface area contributed by atoms with Crippen molar-refractivity contribution in [1.82, 2.24) is 10.4 Å². The Morgan fingerprint density at radius 3 is 2.39 bits per heavy atom. The molecule has 1 aromatic rings. The van der Waals surface area contributed by atoms with Crippen LogP contribution in [0.3, 0.4) is 0 Å². The SMILES string of the molecule is CN(C)c1cc(C2CNOC2)c(O)c2c1CC1C[C@H]3[C@H](N(C)C)C(O)=C(C(N)=O)C(=O)[C@@]3(O)C(O)=C1C2=O. The van der Waals surface area contributed by atoms with Gasteiger partial charge in [-0.05, 0) is 44.5 Å². The maximum Gasteiger partial charge on any atom is 0.255 e. The number of carbonyl (C=O) groups is 3. The van der Waals surface area contributed by atoms with Gasteiger partial charge in [-0.1, -0.05) is 0 Å². The number of aromatic hydroxyl groups is 1. The number of hydrogen-bond donors (Lipinski definition) is 6. The summed E-state index contributed by atoms with van der Waals surface area (Å²) in [4.78, 5) is 48.2. The Morgan fingerprint density at radius 2 is 1.84 bits per heavy atom. The summed E-state index contributed by atoms with van der Waals surface area (Å²) < 4.78 is 0. The Balaban J connectivity index is 1.73. The number of aliphatic hydroxyl groups is 3. The van der Waals surface area contributed by atoms with Crippen molar-refractivity contribution in [1.29, 1.82) is 0 Å². The monoisotopic (exact) mass is 528 g/mol. The minimum absolute atomic E-state index is 0.00104. The number of Topliss-reactive ketones (excluding diaryl/α,β-unsaturated/α-hetero) is 2. The van der Waals surface area contributed by atoms with Gasteiger partial charge in [-0.25, -0.2) is 5.48 Å². The van der Waals surface area contributed by atoms with Crippen molar-refractivity contribution >= 4 is 23.2 Å². The number of aliphatic hydroxyl groups excluding tert-OH is 2. The number of allylic oxidation sites excluding steroid dienone is 1. The standard InChI is InChI=1S/C26H32N4O8/c1-29(2)15-7-12(11-8-28-38-9-11)20(31)17-13(15)5-10-6-14-19(30(3)4)22(33)18(25(27)36)24(35)26(14,37)23(34)16(10)21(17)32/h7,10-11,14,19,28,31,33-34,37H,5-6,8-9H2,1-4H3,(H2,27,36)/t10?,11?,14-,19-,26-/m0/s1. The summed E-state index contributed by atoms with van der Waals surface area (Å²) in [5, 5.41) is 45.4. The van der Waals surface area contributed by atoms with Crippen molar-refractivity contribution in [3.63, 3.8) is 0 Å². The number of phenols is 1. The van der Waals surface area contributed by atoms with Gasteiger partial charge < -0.3 is 35.9 Å². The van der Waals surface area contributed by atoms with Crippen LogP contribution < -0.4 is 16.1 Å². The lowest BCUT2D eigenvalue weighted by Gasteiger charge is -2.50. The Bertz CT molecular complexity index is 1330. The number of nitrogens with two attached hydrogens (primary N) is 1. The van der Waals surface area contributed by atoms with Gasteiger partial charge in [0.25, 0.3) is 5.91 Å². The van der Waals surface area contributed by atoms with Gasteiger partial charge in [0.15, 0.2) is 11.4 Å². The summed E-state index contributed by atoms with van der Waals surface area (Å²) in [6.07, 6.45) is 0.275. The number of carbonyl (C=O) groups excluding carboxylic acids is 3. The number of nitrogens with zero attached hydrogens (tertiary/aromatic N) is 2. The number of rotatable bonds is 4. The van der Waals surface area contributed by atoms with Crippen molar-refractivity contribution in [3.05, 3.63) is 45.4 Å². The highest BCUT2D eigenvalue weighted by molar-refractivity contribution is 6.25. The van der Waals surface area contributed by atoms with Crippen LogP contribution in [0.1, 0.15) is 33.8 Å². The topological polar surface area (TPSA) is 186 Å². The minimum Gasteiger partial charge on any atom is -0.510 e. The molecular formula is C26H32N4O8. The van der Waals surface area contributed by atoms with Gasteiger partial charge in [-0.3, -0.25) is 19.3 Å². The molecule has 204 valence electrons. The predicted molar refractivity (Wildman–Crippen MR) is 135 cm³/mol. The van der Waals surface area contributed by atoms with Crippen LogP contribution in [0.15, 0.2) is 28.7 Å². The molecule has 4 aliphatic rings. The molecule has 0 radical (unpaired) electrons. The highest BCUT2D eigenvalue weighted by Crippen LogP contribution is 2.53. The first-order chi connectivity index (χ1) is 17.8. The Hall–Kier alpha value is -3.45. The fraction of sp³-hybridized carbons (Fsp3) is 0.500. The minimum atomic E-state index is -2.66. The van der Waals surface area contributed by atoms with Gasteiger partial charge in [0, 0.05) is 49.3 Å². The second-order valence-electron chi connectivity index (χ2n) is 10.9. The number of amides is 1. The van der Waals surface area contributed by atoms with E-state index in [-0.39, 0.29) is 42.3 Å². The van der Waals surface area contributed by atoms with Gasteiger partial charge in [-0.15, -0.1) is 0 Å². The normalized spacial score (nSPS) is 30.9. The summed E-state index contributed by atoms with van der Waals surface area (Å²) in [6, 6.07) is 0.802. The van der Waals surface area contributed by atoms with E-state index in [1.54, 1.807) is 14.1 Å². The van der Waals surface area contributed by atoms with Crippen molar-refractivity contribution < 1.29 is 39.6 Å². The van der Waals surface area contributed by atoms with Crippen LogP contribution in [-0.2, 0) is 20.8 Å². The Morgan fingerprint density at radius 1 is 1.16 bits per heavy atom. The predicted octanol–water partition coefficient (Wildman–Crippen LogP) is -0.195. The average molecular weight is 529 g/mol. The van der Waals surface area contributed by atoms with Gasteiger partial charge in [0.2, 0.25) is 5.78 Å². The number of nitrogens with one attached hydrogen (secondary N) is 1. The molecule has 3 aliphatic carbocycles. The lowest BCUT2D eigenvalue weighted by atomic mass is 9.58. The van der Waals surface area contributed by atoms with Crippen LogP contribution in [0.2, 0.25) is 0 Å². The van der Waals surface area contributed by atoms with Gasteiger partial charge in [0.1, 0.15) is 22.8 Å². The summed E-state index contributed by atoms with van der Waals surface area (Å²) in [5.74, 6) is -6.83. The van der Waals surface area contributed by atoms with Crippen molar-refractivity contribution in [2.24, 2.45) is 17.6 Å². The first-order valence-electron chi connectivity index (χ1n) is 12.4. The molecule has 0 bridgehead atoms. The molecule has 1 heterocycles. The van der Waals surface area contributed by atoms with E-state index < -0.39 is 58.0 Å². The lowest BCUT2D eigenvalue weighted by molar-refractivity contribution is -0.148. The number of benzene rings is 1. The van der Waals surface area contributed by atoms with Crippen LogP contribution >= 0.6 is 0 Å². The van der Waals surface area contributed by atoms with Crippen molar-refractivity contribution in [3.8, 4) is 5.75 Å². The molecule has 2 unspecified atom stereocenters. The fourth-order valence-corrected chi connectivity index (χ4v) is 6.61. The molecule has 1 fully saturated rings. The number of phenolic OH excluding ortho intramolecular Hbond substituents is 1. The third kappa shape index (κ3) is 3.40. The van der Waals surface area contributed by atoms with Gasteiger partial charge in [0.05, 0.1) is 18.2 Å². The van der Waals surface area contributed by atoms with E-state index in [4.69, 9.17) is 10.6 Å². The molecule has 0 spiro atoms. The molecule has 5 atom stereocenters. The summed E-state index contributed by atoms with van der Waals surface area (Å²) >= 11 is 0. The Labute approximate surface area is 218 Å². The third-order valence-corrected chi connectivity index (χ3v) is 8.37. The highest BCUT2D eigenvalue weighted by atomic mass is 16.7. The number of ketones is 2. The number of likely N-dealkylation sites (N-methyl/N-ethyl adjacent to an activating group) is 1. The molecule has 12 nitrogen and oxygen atoms in total. The van der Waals surface area contributed by atoms with Gasteiger partial charge >= 0.3 is 0 Å². The Kier molecular flexibility index (Phi) is 6.06. The van der Waals surface area contributed by atoms with E-state index in [1.807, 2.05) is 25.1 Å². The first-order valence-corrected chi connectivity index (χ1v) is 12.4. The molecular weight excluding hydrogens is 496 g/mol. The first kappa shape index (κ1) is 26.2. The number of hydrogen-bond acceptors (Lipinski definition) is 11. The molecule has 38 heavy (non-hydrogen) atoms. The van der Waals surface area contributed by atoms with E-state index >= 15 is 0 Å². The van der Waals surface area contributed by atoms with E-state index in [2.05, 4.69) is 5.48 Å². The fourth-order valence-electron chi connectivity index (χ4n) is 6.61. The number of fused-ring (bicyclic) bond motifs is 3. The summed E-state index contributed by atoms with van der Waals surface area (Å²) in [6.45, 7) is 0.717. The zero-order chi connectivity index (χ0) is 27.8. The van der Waals surface area contributed by atoms with Crippen LogP contribution in [0.4, 0.5) is 5.69 Å². The van der Waals surface area contributed by atoms with E-state index in [1.165, 1.54) is 4.90 Å². The maximum atomic E-state index is 14.0. The van der Waals surface area contributed by atoms with Crippen molar-refractivity contribution in [2.75, 3.05) is 46.2 Å². The zero-order valence-electron chi connectivity index (χ0n) is 21.6. The number of primary amides is 1. The van der Waals surface area contributed by atoms with Crippen molar-refractivity contribution in [2.45, 2.75) is 30.4 Å². The van der Waals surface area contributed by atoms with Crippen LogP contribution in [0, 0.1) is 11.8 Å². The summed E-state index contributed by atoms with van der Waals surface area (Å²) in [5.41, 5.74) is 6.28. The summed E-state index contributed by atoms with van der Waals surface area (Å²) in [7, 11) is 6.84. The van der Waals surface area contributed by atoms with E-state index in [0.29, 0.717) is 17.7 Å². The molecule has 7 N–H and O–H groups in total. The van der Waals surface area contributed by atoms with Crippen LogP contribution in [0.5, 0.6) is 5.75 Å². The highest BCUT2D eigenvalue weighted by Gasteiger charge is 2.63. The number of hydroxylamine groups is 1. The molecule has 0 saturated carbocycles. The smallest absolute Gasteiger partial charge is 0.255 e. The lowest BCUT2D eigenvalue weighted by Crippen LogP contribution is -2.63. The maximum absolute atomic E-state index is 14.0. The largest absolute Gasteiger partial charge is 0.510 e. The molecule has 5 rings (SSSR count). The molecule has 1 saturated heterocycles. The van der Waals surface area contributed by atoms with Crippen LogP contribution in [-0.4, -0.2) is 95.8 Å². The quantitative estimate of drug-likeness (QED) is 0.284. The second kappa shape index (κ2) is 8.80. The van der Waals surface area contributed by atoms with E-state index in [9.17, 15) is 34.8 Å². The molecule has 0 aromatic heterocycles. The van der Waals surface area contributed by atoms with Crippen LogP contribution in [0.25, 0.3) is 0 Å².